The minimum Gasteiger partial charge on any atom is -0.480 e. The Hall–Kier alpha value is -1.46. The molecule has 1 aliphatic rings. The van der Waals surface area contributed by atoms with Gasteiger partial charge in [-0.05, 0) is 25.1 Å². The average molecular weight is 299 g/mol. The topological polar surface area (TPSA) is 50.8 Å². The van der Waals surface area contributed by atoms with Crippen LogP contribution < -0.4 is 15.0 Å². The Labute approximate surface area is 123 Å². The van der Waals surface area contributed by atoms with Crippen molar-refractivity contribution in [3.8, 4) is 5.75 Å². The summed E-state index contributed by atoms with van der Waals surface area (Å²) in [5, 5.41) is 3.95. The Morgan fingerprint density at radius 3 is 2.85 bits per heavy atom. The summed E-state index contributed by atoms with van der Waals surface area (Å²) in [5.41, 5.74) is 0.920. The van der Waals surface area contributed by atoms with Crippen molar-refractivity contribution in [3.63, 3.8) is 0 Å². The third-order valence-corrected chi connectivity index (χ3v) is 3.26. The molecule has 1 aromatic rings. The van der Waals surface area contributed by atoms with Crippen LogP contribution in [0.2, 0.25) is 5.02 Å². The van der Waals surface area contributed by atoms with Crippen LogP contribution in [0.1, 0.15) is 6.92 Å². The molecule has 0 spiro atoms. The van der Waals surface area contributed by atoms with Crippen LogP contribution in [-0.4, -0.2) is 45.4 Å². The molecule has 5 nitrogen and oxygen atoms in total. The van der Waals surface area contributed by atoms with Crippen LogP contribution in [0.15, 0.2) is 18.2 Å². The first kappa shape index (κ1) is 14.9. The number of esters is 1. The van der Waals surface area contributed by atoms with Gasteiger partial charge in [0.2, 0.25) is 0 Å². The number of nitrogens with zero attached hydrogens (tertiary/aromatic N) is 1. The highest BCUT2D eigenvalue weighted by Crippen LogP contribution is 2.31. The molecule has 110 valence electrons. The second-order valence-corrected chi connectivity index (χ2v) is 4.88. The molecule has 0 atom stereocenters. The van der Waals surface area contributed by atoms with Crippen LogP contribution in [0.5, 0.6) is 5.75 Å². The summed E-state index contributed by atoms with van der Waals surface area (Å²) in [6.07, 6.45) is 0. The lowest BCUT2D eigenvalue weighted by molar-refractivity contribution is -0.145. The van der Waals surface area contributed by atoms with Crippen LogP contribution in [0, 0.1) is 0 Å². The fraction of sp³-hybridized carbons (Fsp3) is 0.500. The molecule has 0 aliphatic carbocycles. The Balaban J connectivity index is 2.08. The molecule has 0 saturated carbocycles. The molecule has 2 rings (SSSR count). The predicted molar refractivity (Wildman–Crippen MR) is 78.7 cm³/mol. The molecule has 1 saturated heterocycles. The zero-order valence-corrected chi connectivity index (χ0v) is 12.3. The third kappa shape index (κ3) is 4.02. The van der Waals surface area contributed by atoms with Crippen molar-refractivity contribution in [2.24, 2.45) is 0 Å². The number of hydrogen-bond donors (Lipinski definition) is 1. The van der Waals surface area contributed by atoms with E-state index in [1.165, 1.54) is 0 Å². The largest absolute Gasteiger partial charge is 0.480 e. The van der Waals surface area contributed by atoms with Crippen molar-refractivity contribution >= 4 is 23.3 Å². The summed E-state index contributed by atoms with van der Waals surface area (Å²) in [6, 6.07) is 5.42. The van der Waals surface area contributed by atoms with Crippen molar-refractivity contribution in [2.75, 3.05) is 44.3 Å². The van der Waals surface area contributed by atoms with Crippen molar-refractivity contribution in [1.82, 2.24) is 5.32 Å². The summed E-state index contributed by atoms with van der Waals surface area (Å²) in [5.74, 6) is 0.290. The molecular formula is C14H19ClN2O3. The maximum absolute atomic E-state index is 11.4. The Bertz CT molecular complexity index is 462. The van der Waals surface area contributed by atoms with Crippen LogP contribution >= 0.6 is 11.6 Å². The zero-order chi connectivity index (χ0) is 14.4. The van der Waals surface area contributed by atoms with Crippen LogP contribution in [-0.2, 0) is 9.53 Å². The number of benzene rings is 1. The standard InChI is InChI=1S/C14H19ClN2O3/c1-2-19-14(18)10-20-13-4-3-11(15)9-12(13)17-7-5-16-6-8-17/h3-4,9,16H,2,5-8,10H2,1H3. The number of nitrogens with one attached hydrogen (secondary N) is 1. The summed E-state index contributed by atoms with van der Waals surface area (Å²) in [4.78, 5) is 13.6. The summed E-state index contributed by atoms with van der Waals surface area (Å²) in [7, 11) is 0. The van der Waals surface area contributed by atoms with E-state index in [0.29, 0.717) is 17.4 Å². The second-order valence-electron chi connectivity index (χ2n) is 4.44. The van der Waals surface area contributed by atoms with Gasteiger partial charge in [-0.25, -0.2) is 4.79 Å². The molecule has 6 heteroatoms. The Morgan fingerprint density at radius 1 is 1.40 bits per heavy atom. The van der Waals surface area contributed by atoms with Crippen molar-refractivity contribution < 1.29 is 14.3 Å². The van der Waals surface area contributed by atoms with Crippen LogP contribution in [0.4, 0.5) is 5.69 Å². The first-order valence-electron chi connectivity index (χ1n) is 6.74. The molecule has 1 aromatic carbocycles. The zero-order valence-electron chi connectivity index (χ0n) is 11.5. The Morgan fingerprint density at radius 2 is 2.15 bits per heavy atom. The number of piperazine rings is 1. The lowest BCUT2D eigenvalue weighted by atomic mass is 10.2. The number of anilines is 1. The minimum absolute atomic E-state index is 0.0887. The average Bonchev–Trinajstić information content (AvgIpc) is 2.47. The van der Waals surface area contributed by atoms with Crippen LogP contribution in [0.3, 0.4) is 0 Å². The fourth-order valence-electron chi connectivity index (χ4n) is 2.10. The number of ether oxygens (including phenoxy) is 2. The highest BCUT2D eigenvalue weighted by molar-refractivity contribution is 6.30. The van der Waals surface area contributed by atoms with Gasteiger partial charge < -0.3 is 19.7 Å². The molecule has 1 fully saturated rings. The van der Waals surface area contributed by atoms with Gasteiger partial charge in [0.1, 0.15) is 5.75 Å². The van der Waals surface area contributed by atoms with Gasteiger partial charge in [-0.3, -0.25) is 0 Å². The van der Waals surface area contributed by atoms with Crippen LogP contribution in [0.25, 0.3) is 0 Å². The number of carbonyl (C=O) groups excluding carboxylic acids is 1. The SMILES string of the molecule is CCOC(=O)COc1ccc(Cl)cc1N1CCNCC1. The quantitative estimate of drug-likeness (QED) is 0.839. The maximum atomic E-state index is 11.4. The molecule has 0 bridgehead atoms. The summed E-state index contributed by atoms with van der Waals surface area (Å²) >= 11 is 6.06. The lowest BCUT2D eigenvalue weighted by Gasteiger charge is -2.30. The molecule has 0 aromatic heterocycles. The van der Waals surface area contributed by atoms with E-state index in [-0.39, 0.29) is 12.6 Å². The van der Waals surface area contributed by atoms with E-state index >= 15 is 0 Å². The highest BCUT2D eigenvalue weighted by Gasteiger charge is 2.16. The first-order valence-corrected chi connectivity index (χ1v) is 7.12. The molecule has 0 amide bonds. The van der Waals surface area contributed by atoms with Gasteiger partial charge in [0.05, 0.1) is 12.3 Å². The molecule has 0 radical (unpaired) electrons. The second kappa shape index (κ2) is 7.36. The maximum Gasteiger partial charge on any atom is 0.344 e. The summed E-state index contributed by atoms with van der Waals surface area (Å²) < 4.78 is 10.4. The van der Waals surface area contributed by atoms with Gasteiger partial charge in [-0.1, -0.05) is 11.6 Å². The van der Waals surface area contributed by atoms with E-state index in [4.69, 9.17) is 21.1 Å². The molecular weight excluding hydrogens is 280 g/mol. The number of halogens is 1. The van der Waals surface area contributed by atoms with E-state index in [0.717, 1.165) is 31.9 Å². The molecule has 0 unspecified atom stereocenters. The van der Waals surface area contributed by atoms with Crippen molar-refractivity contribution in [1.29, 1.82) is 0 Å². The summed E-state index contributed by atoms with van der Waals surface area (Å²) in [6.45, 7) is 5.65. The van der Waals surface area contributed by atoms with Gasteiger partial charge in [0.15, 0.2) is 6.61 Å². The molecule has 20 heavy (non-hydrogen) atoms. The van der Waals surface area contributed by atoms with Gasteiger partial charge in [0.25, 0.3) is 0 Å². The Kier molecular flexibility index (Phi) is 5.49. The van der Waals surface area contributed by atoms with Gasteiger partial charge in [-0.2, -0.15) is 0 Å². The number of rotatable bonds is 5. The molecule has 1 heterocycles. The van der Waals surface area contributed by atoms with Gasteiger partial charge in [-0.15, -0.1) is 0 Å². The minimum atomic E-state index is -0.367. The lowest BCUT2D eigenvalue weighted by Crippen LogP contribution is -2.43. The van der Waals surface area contributed by atoms with Gasteiger partial charge in [0, 0.05) is 31.2 Å². The van der Waals surface area contributed by atoms with E-state index < -0.39 is 0 Å². The normalized spacial score (nSPS) is 15.0. The smallest absolute Gasteiger partial charge is 0.344 e. The van der Waals surface area contributed by atoms with E-state index in [1.54, 1.807) is 19.1 Å². The molecule has 1 N–H and O–H groups in total. The third-order valence-electron chi connectivity index (χ3n) is 3.03. The number of carbonyl (C=O) groups is 1. The van der Waals surface area contributed by atoms with E-state index in [2.05, 4.69) is 10.2 Å². The first-order chi connectivity index (χ1) is 9.70. The van der Waals surface area contributed by atoms with Gasteiger partial charge >= 0.3 is 5.97 Å². The number of hydrogen-bond acceptors (Lipinski definition) is 5. The van der Waals surface area contributed by atoms with Crippen molar-refractivity contribution in [2.45, 2.75) is 6.92 Å². The highest BCUT2D eigenvalue weighted by atomic mass is 35.5. The van der Waals surface area contributed by atoms with Crippen molar-refractivity contribution in [3.05, 3.63) is 23.2 Å². The van der Waals surface area contributed by atoms with E-state index in [9.17, 15) is 4.79 Å². The molecule has 1 aliphatic heterocycles. The fourth-order valence-corrected chi connectivity index (χ4v) is 2.27. The monoisotopic (exact) mass is 298 g/mol. The van der Waals surface area contributed by atoms with E-state index in [1.807, 2.05) is 6.07 Å². The predicted octanol–water partition coefficient (Wildman–Crippen LogP) is 1.69.